The second kappa shape index (κ2) is 7.29. The summed E-state index contributed by atoms with van der Waals surface area (Å²) in [5, 5.41) is 7.52. The first-order valence-electron chi connectivity index (χ1n) is 8.75. The average Bonchev–Trinajstić information content (AvgIpc) is 3.07. The van der Waals surface area contributed by atoms with Crippen LogP contribution in [-0.2, 0) is 0 Å². The Morgan fingerprint density at radius 2 is 1.93 bits per heavy atom. The third kappa shape index (κ3) is 3.36. The van der Waals surface area contributed by atoms with E-state index in [1.165, 1.54) is 4.57 Å². The van der Waals surface area contributed by atoms with Crippen LogP contribution < -0.4 is 10.3 Å². The fourth-order valence-corrected chi connectivity index (χ4v) is 3.28. The van der Waals surface area contributed by atoms with E-state index in [-0.39, 0.29) is 23.3 Å². The molecule has 4 rings (SSSR count). The molecule has 0 aliphatic carbocycles. The molecule has 0 amide bonds. The van der Waals surface area contributed by atoms with Crippen molar-refractivity contribution >= 4 is 22.8 Å². The minimum absolute atomic E-state index is 0.200. The van der Waals surface area contributed by atoms with E-state index in [0.29, 0.717) is 27.9 Å². The van der Waals surface area contributed by atoms with Crippen molar-refractivity contribution in [1.29, 1.82) is 0 Å². The lowest BCUT2D eigenvalue weighted by Crippen LogP contribution is -2.24. The van der Waals surface area contributed by atoms with Gasteiger partial charge in [-0.15, -0.1) is 0 Å². The van der Waals surface area contributed by atoms with E-state index in [1.807, 2.05) is 19.9 Å². The van der Waals surface area contributed by atoms with Crippen LogP contribution in [0.5, 0.6) is 11.6 Å². The highest BCUT2D eigenvalue weighted by atomic mass is 35.5. The van der Waals surface area contributed by atoms with Crippen molar-refractivity contribution in [2.45, 2.75) is 19.9 Å². The Balaban J connectivity index is 1.93. The molecular weight excluding hydrogens is 402 g/mol. The molecule has 148 valence electrons. The van der Waals surface area contributed by atoms with Crippen LogP contribution in [0.25, 0.3) is 22.4 Å². The maximum atomic E-state index is 14.0. The zero-order valence-electron chi connectivity index (χ0n) is 15.4. The van der Waals surface area contributed by atoms with Crippen LogP contribution in [-0.4, -0.2) is 19.7 Å². The van der Waals surface area contributed by atoms with Crippen molar-refractivity contribution in [3.63, 3.8) is 0 Å². The number of ether oxygens (including phenoxy) is 1. The molecule has 2 aromatic heterocycles. The van der Waals surface area contributed by atoms with Gasteiger partial charge in [-0.25, -0.2) is 8.78 Å². The standard InChI is InChI=1S/C20H15ClF2N4O2/c1-10(2)27-17-16(12-5-3-4-6-13(12)21)25-26-18(17)24-19(20(27)28)29-15-8-7-11(22)9-14(15)23/h3-10H,1-2H3,(H,25,26). The van der Waals surface area contributed by atoms with Gasteiger partial charge in [-0.1, -0.05) is 29.8 Å². The molecule has 0 saturated heterocycles. The maximum absolute atomic E-state index is 14.0. The van der Waals surface area contributed by atoms with E-state index in [9.17, 15) is 13.6 Å². The Labute approximate surface area is 168 Å². The Bertz CT molecular complexity index is 1280. The van der Waals surface area contributed by atoms with Crippen LogP contribution in [0.2, 0.25) is 5.02 Å². The van der Waals surface area contributed by atoms with Crippen molar-refractivity contribution in [3.05, 3.63) is 69.5 Å². The van der Waals surface area contributed by atoms with Crippen LogP contribution >= 0.6 is 11.6 Å². The predicted molar refractivity (Wildman–Crippen MR) is 105 cm³/mol. The van der Waals surface area contributed by atoms with Crippen LogP contribution in [0.4, 0.5) is 8.78 Å². The van der Waals surface area contributed by atoms with Crippen molar-refractivity contribution in [2.24, 2.45) is 0 Å². The molecule has 6 nitrogen and oxygen atoms in total. The number of hydrogen-bond acceptors (Lipinski definition) is 4. The minimum Gasteiger partial charge on any atom is -0.431 e. The molecule has 4 aromatic rings. The zero-order chi connectivity index (χ0) is 20.7. The molecule has 1 N–H and O–H groups in total. The van der Waals surface area contributed by atoms with Crippen LogP contribution in [0, 0.1) is 11.6 Å². The number of halogens is 3. The molecule has 0 unspecified atom stereocenters. The van der Waals surface area contributed by atoms with Crippen LogP contribution in [0.15, 0.2) is 47.3 Å². The average molecular weight is 417 g/mol. The first-order chi connectivity index (χ1) is 13.9. The fraction of sp³-hybridized carbons (Fsp3) is 0.150. The van der Waals surface area contributed by atoms with E-state index in [2.05, 4.69) is 15.2 Å². The highest BCUT2D eigenvalue weighted by molar-refractivity contribution is 6.33. The number of hydrogen-bond donors (Lipinski definition) is 1. The fourth-order valence-electron chi connectivity index (χ4n) is 3.05. The first-order valence-corrected chi connectivity index (χ1v) is 9.13. The summed E-state index contributed by atoms with van der Waals surface area (Å²) in [7, 11) is 0. The smallest absolute Gasteiger partial charge is 0.314 e. The summed E-state index contributed by atoms with van der Waals surface area (Å²) in [4.78, 5) is 17.2. The van der Waals surface area contributed by atoms with Gasteiger partial charge in [0.2, 0.25) is 5.65 Å². The zero-order valence-corrected chi connectivity index (χ0v) is 16.2. The third-order valence-corrected chi connectivity index (χ3v) is 4.66. The van der Waals surface area contributed by atoms with Crippen LogP contribution in [0.3, 0.4) is 0 Å². The van der Waals surface area contributed by atoms with Gasteiger partial charge in [-0.3, -0.25) is 14.5 Å². The first kappa shape index (κ1) is 19.1. The molecule has 9 heteroatoms. The van der Waals surface area contributed by atoms with Crippen LogP contribution in [0.1, 0.15) is 19.9 Å². The molecule has 0 bridgehead atoms. The molecule has 0 radical (unpaired) electrons. The molecule has 0 saturated carbocycles. The quantitative estimate of drug-likeness (QED) is 0.503. The highest BCUT2D eigenvalue weighted by Gasteiger charge is 2.22. The summed E-state index contributed by atoms with van der Waals surface area (Å²) >= 11 is 6.30. The normalized spacial score (nSPS) is 11.4. The van der Waals surface area contributed by atoms with Gasteiger partial charge in [0.15, 0.2) is 11.6 Å². The Morgan fingerprint density at radius 1 is 1.17 bits per heavy atom. The Kier molecular flexibility index (Phi) is 4.79. The lowest BCUT2D eigenvalue weighted by atomic mass is 10.1. The highest BCUT2D eigenvalue weighted by Crippen LogP contribution is 2.32. The van der Waals surface area contributed by atoms with Crippen molar-refractivity contribution in [2.75, 3.05) is 0 Å². The van der Waals surface area contributed by atoms with Crippen molar-refractivity contribution in [1.82, 2.24) is 19.7 Å². The van der Waals surface area contributed by atoms with Gasteiger partial charge in [0, 0.05) is 17.7 Å². The van der Waals surface area contributed by atoms with E-state index in [1.54, 1.807) is 18.2 Å². The third-order valence-electron chi connectivity index (χ3n) is 4.33. The van der Waals surface area contributed by atoms with Crippen molar-refractivity contribution < 1.29 is 13.5 Å². The summed E-state index contributed by atoms with van der Waals surface area (Å²) in [5.74, 6) is -2.38. The van der Waals surface area contributed by atoms with Gasteiger partial charge < -0.3 is 4.74 Å². The van der Waals surface area contributed by atoms with E-state index in [4.69, 9.17) is 16.3 Å². The monoisotopic (exact) mass is 416 g/mol. The second-order valence-electron chi connectivity index (χ2n) is 6.61. The molecule has 29 heavy (non-hydrogen) atoms. The van der Waals surface area contributed by atoms with E-state index in [0.717, 1.165) is 12.1 Å². The molecule has 0 atom stereocenters. The van der Waals surface area contributed by atoms with Gasteiger partial charge in [0.05, 0.1) is 10.7 Å². The lowest BCUT2D eigenvalue weighted by Gasteiger charge is -2.15. The molecule has 0 aliphatic heterocycles. The van der Waals surface area contributed by atoms with Gasteiger partial charge in [-0.2, -0.15) is 10.1 Å². The lowest BCUT2D eigenvalue weighted by molar-refractivity contribution is 0.411. The Morgan fingerprint density at radius 3 is 2.62 bits per heavy atom. The van der Waals surface area contributed by atoms with Gasteiger partial charge in [0.25, 0.3) is 5.88 Å². The van der Waals surface area contributed by atoms with Crippen molar-refractivity contribution in [3.8, 4) is 22.9 Å². The number of fused-ring (bicyclic) bond motifs is 1. The summed E-state index contributed by atoms with van der Waals surface area (Å²) in [6.45, 7) is 3.62. The van der Waals surface area contributed by atoms with Gasteiger partial charge >= 0.3 is 5.56 Å². The van der Waals surface area contributed by atoms with Gasteiger partial charge in [0.1, 0.15) is 11.3 Å². The largest absolute Gasteiger partial charge is 0.431 e. The number of H-pyrrole nitrogens is 1. The predicted octanol–water partition coefficient (Wildman–Crippen LogP) is 5.09. The topological polar surface area (TPSA) is 72.8 Å². The maximum Gasteiger partial charge on any atom is 0.314 e. The number of nitrogens with zero attached hydrogens (tertiary/aromatic N) is 3. The molecule has 0 aliphatic rings. The SMILES string of the molecule is CC(C)n1c(=O)c(Oc2ccc(F)cc2F)nc2n[nH]c(-c3ccccc3Cl)c21. The number of aromatic amines is 1. The summed E-state index contributed by atoms with van der Waals surface area (Å²) in [5.41, 5.74) is 1.26. The van der Waals surface area contributed by atoms with E-state index < -0.39 is 17.2 Å². The summed E-state index contributed by atoms with van der Waals surface area (Å²) in [6.07, 6.45) is 0. The number of rotatable bonds is 4. The minimum atomic E-state index is -0.943. The summed E-state index contributed by atoms with van der Waals surface area (Å²) < 4.78 is 33.9. The molecule has 0 spiro atoms. The molecule has 2 heterocycles. The van der Waals surface area contributed by atoms with Gasteiger partial charge in [-0.05, 0) is 32.0 Å². The molecule has 0 fully saturated rings. The second-order valence-corrected chi connectivity index (χ2v) is 7.02. The molecular formula is C20H15ClF2N4O2. The van der Waals surface area contributed by atoms with E-state index >= 15 is 0 Å². The number of benzene rings is 2. The molecule has 2 aromatic carbocycles. The number of aromatic nitrogens is 4. The summed E-state index contributed by atoms with van der Waals surface area (Å²) in [6, 6.07) is 9.63. The number of nitrogens with one attached hydrogen (secondary N) is 1. The Hall–Kier alpha value is -3.26.